The zero-order chi connectivity index (χ0) is 20.2. The van der Waals surface area contributed by atoms with Crippen molar-refractivity contribution in [1.29, 1.82) is 0 Å². The average Bonchev–Trinajstić information content (AvgIpc) is 2.96. The van der Waals surface area contributed by atoms with Crippen molar-refractivity contribution in [3.05, 3.63) is 82.9 Å². The Labute approximate surface area is 170 Å². The zero-order valence-corrected chi connectivity index (χ0v) is 16.6. The maximum atomic E-state index is 13.2. The Bertz CT molecular complexity index is 1000. The van der Waals surface area contributed by atoms with E-state index in [1.807, 2.05) is 30.0 Å². The summed E-state index contributed by atoms with van der Waals surface area (Å²) in [6.45, 7) is 3.35. The Morgan fingerprint density at radius 1 is 1.00 bits per heavy atom. The van der Waals surface area contributed by atoms with Crippen LogP contribution in [0, 0.1) is 12.7 Å². The van der Waals surface area contributed by atoms with E-state index in [0.717, 1.165) is 35.4 Å². The minimum Gasteiger partial charge on any atom is -0.342 e. The van der Waals surface area contributed by atoms with Gasteiger partial charge < -0.3 is 4.90 Å². The molecular formula is C24H24FN3O. The van der Waals surface area contributed by atoms with Gasteiger partial charge in [0.1, 0.15) is 5.82 Å². The molecule has 148 valence electrons. The van der Waals surface area contributed by atoms with Crippen molar-refractivity contribution in [2.75, 3.05) is 13.1 Å². The van der Waals surface area contributed by atoms with Crippen LogP contribution in [0.2, 0.25) is 0 Å². The summed E-state index contributed by atoms with van der Waals surface area (Å²) in [5, 5.41) is 0. The number of hydrogen-bond acceptors (Lipinski definition) is 3. The minimum absolute atomic E-state index is 0.186. The van der Waals surface area contributed by atoms with Gasteiger partial charge in [-0.2, -0.15) is 0 Å². The average molecular weight is 389 g/mol. The lowest BCUT2D eigenvalue weighted by Crippen LogP contribution is -2.33. The first-order chi connectivity index (χ1) is 14.1. The third kappa shape index (κ3) is 4.50. The normalized spacial score (nSPS) is 13.7. The van der Waals surface area contributed by atoms with Gasteiger partial charge in [-0.25, -0.2) is 14.4 Å². The van der Waals surface area contributed by atoms with Crippen molar-refractivity contribution < 1.29 is 9.18 Å². The number of fused-ring (bicyclic) bond motifs is 1. The van der Waals surface area contributed by atoms with Crippen LogP contribution in [0.3, 0.4) is 0 Å². The molecule has 0 fully saturated rings. The summed E-state index contributed by atoms with van der Waals surface area (Å²) in [6, 6.07) is 16.4. The molecule has 0 aliphatic carbocycles. The molecule has 4 nitrogen and oxygen atoms in total. The molecule has 3 aromatic rings. The predicted molar refractivity (Wildman–Crippen MR) is 111 cm³/mol. The summed E-state index contributed by atoms with van der Waals surface area (Å²) in [5.41, 5.74) is 5.05. The molecule has 2 aromatic carbocycles. The van der Waals surface area contributed by atoms with Gasteiger partial charge in [-0.15, -0.1) is 0 Å². The summed E-state index contributed by atoms with van der Waals surface area (Å²) in [5.74, 6) is 0.529. The fourth-order valence-electron chi connectivity index (χ4n) is 3.82. The van der Waals surface area contributed by atoms with Gasteiger partial charge in [-0.1, -0.05) is 30.3 Å². The van der Waals surface area contributed by atoms with E-state index >= 15 is 0 Å². The molecule has 4 rings (SSSR count). The van der Waals surface area contributed by atoms with Gasteiger partial charge in [0.05, 0.1) is 0 Å². The van der Waals surface area contributed by atoms with Crippen LogP contribution in [0.1, 0.15) is 28.9 Å². The summed E-state index contributed by atoms with van der Waals surface area (Å²) in [7, 11) is 0. The minimum atomic E-state index is -0.273. The number of benzene rings is 2. The number of aryl methyl sites for hydroxylation is 2. The van der Waals surface area contributed by atoms with Crippen LogP contribution >= 0.6 is 0 Å². The smallest absolute Gasteiger partial charge is 0.222 e. The van der Waals surface area contributed by atoms with Gasteiger partial charge in [0.15, 0.2) is 5.82 Å². The molecule has 2 heterocycles. The second-order valence-corrected chi connectivity index (χ2v) is 7.43. The van der Waals surface area contributed by atoms with Crippen molar-refractivity contribution in [3.63, 3.8) is 0 Å². The SMILES string of the molecule is Cc1nc(-c2ccc(F)cc2)nc2c1CCN(C(=O)CCc1ccccc1)CC2. The Morgan fingerprint density at radius 2 is 1.72 bits per heavy atom. The van der Waals surface area contributed by atoms with Crippen molar-refractivity contribution in [2.45, 2.75) is 32.6 Å². The topological polar surface area (TPSA) is 46.1 Å². The Balaban J connectivity index is 1.46. The summed E-state index contributed by atoms with van der Waals surface area (Å²) in [6.07, 6.45) is 2.76. The lowest BCUT2D eigenvalue weighted by atomic mass is 10.1. The van der Waals surface area contributed by atoms with Crippen LogP contribution < -0.4 is 0 Å². The largest absolute Gasteiger partial charge is 0.342 e. The molecule has 5 heteroatoms. The van der Waals surface area contributed by atoms with Crippen LogP contribution in [0.4, 0.5) is 4.39 Å². The van der Waals surface area contributed by atoms with Crippen LogP contribution in [0.15, 0.2) is 54.6 Å². The lowest BCUT2D eigenvalue weighted by Gasteiger charge is -2.20. The molecule has 1 amide bonds. The highest BCUT2D eigenvalue weighted by molar-refractivity contribution is 5.76. The number of hydrogen-bond donors (Lipinski definition) is 0. The maximum Gasteiger partial charge on any atom is 0.222 e. The van der Waals surface area contributed by atoms with E-state index in [9.17, 15) is 9.18 Å². The van der Waals surface area contributed by atoms with Gasteiger partial charge in [0.2, 0.25) is 5.91 Å². The summed E-state index contributed by atoms with van der Waals surface area (Å²) >= 11 is 0. The van der Waals surface area contributed by atoms with Crippen molar-refractivity contribution in [1.82, 2.24) is 14.9 Å². The van der Waals surface area contributed by atoms with E-state index in [-0.39, 0.29) is 11.7 Å². The number of carbonyl (C=O) groups excluding carboxylic acids is 1. The van der Waals surface area contributed by atoms with Gasteiger partial charge in [-0.05, 0) is 55.2 Å². The molecule has 0 bridgehead atoms. The van der Waals surface area contributed by atoms with Crippen molar-refractivity contribution >= 4 is 5.91 Å². The van der Waals surface area contributed by atoms with E-state index in [1.165, 1.54) is 17.7 Å². The quantitative estimate of drug-likeness (QED) is 0.673. The van der Waals surface area contributed by atoms with Gasteiger partial charge in [0, 0.05) is 42.9 Å². The maximum absolute atomic E-state index is 13.2. The van der Waals surface area contributed by atoms with E-state index < -0.39 is 0 Å². The molecule has 1 aliphatic rings. The van der Waals surface area contributed by atoms with Gasteiger partial charge in [0.25, 0.3) is 0 Å². The number of carbonyl (C=O) groups is 1. The molecule has 1 aromatic heterocycles. The standard InChI is InChI=1S/C24H24FN3O/c1-17-21-13-15-28(23(29)12-7-18-5-3-2-4-6-18)16-14-22(21)27-24(26-17)19-8-10-20(25)11-9-19/h2-6,8-11H,7,12-16H2,1H3. The van der Waals surface area contributed by atoms with Crippen molar-refractivity contribution in [3.8, 4) is 11.4 Å². The van der Waals surface area contributed by atoms with Crippen molar-refractivity contribution in [2.24, 2.45) is 0 Å². The fourth-order valence-corrected chi connectivity index (χ4v) is 3.82. The third-order valence-electron chi connectivity index (χ3n) is 5.48. The van der Waals surface area contributed by atoms with E-state index in [1.54, 1.807) is 12.1 Å². The summed E-state index contributed by atoms with van der Waals surface area (Å²) < 4.78 is 13.2. The summed E-state index contributed by atoms with van der Waals surface area (Å²) in [4.78, 5) is 24.1. The lowest BCUT2D eigenvalue weighted by molar-refractivity contribution is -0.131. The Hall–Kier alpha value is -3.08. The van der Waals surface area contributed by atoms with E-state index in [0.29, 0.717) is 31.8 Å². The molecule has 0 spiro atoms. The highest BCUT2D eigenvalue weighted by Crippen LogP contribution is 2.23. The van der Waals surface area contributed by atoms with Crippen LogP contribution in [0.25, 0.3) is 11.4 Å². The van der Waals surface area contributed by atoms with Gasteiger partial charge in [-0.3, -0.25) is 4.79 Å². The molecule has 0 saturated heterocycles. The second kappa shape index (κ2) is 8.52. The number of rotatable bonds is 4. The van der Waals surface area contributed by atoms with Crippen LogP contribution in [0.5, 0.6) is 0 Å². The number of amides is 1. The molecule has 0 unspecified atom stereocenters. The molecule has 0 N–H and O–H groups in total. The highest BCUT2D eigenvalue weighted by atomic mass is 19.1. The number of nitrogens with zero attached hydrogens (tertiary/aromatic N) is 3. The Kier molecular flexibility index (Phi) is 5.65. The highest BCUT2D eigenvalue weighted by Gasteiger charge is 2.21. The molecule has 0 saturated carbocycles. The fraction of sp³-hybridized carbons (Fsp3) is 0.292. The first-order valence-electron chi connectivity index (χ1n) is 10.0. The molecule has 0 atom stereocenters. The second-order valence-electron chi connectivity index (χ2n) is 7.43. The number of aromatic nitrogens is 2. The zero-order valence-electron chi connectivity index (χ0n) is 16.6. The van der Waals surface area contributed by atoms with Gasteiger partial charge >= 0.3 is 0 Å². The molecule has 1 aliphatic heterocycles. The number of halogens is 1. The van der Waals surface area contributed by atoms with Crippen LogP contribution in [-0.4, -0.2) is 33.9 Å². The van der Waals surface area contributed by atoms with E-state index in [4.69, 9.17) is 4.98 Å². The van der Waals surface area contributed by atoms with E-state index in [2.05, 4.69) is 17.1 Å². The molecule has 29 heavy (non-hydrogen) atoms. The monoisotopic (exact) mass is 389 g/mol. The Morgan fingerprint density at radius 3 is 2.48 bits per heavy atom. The van der Waals surface area contributed by atoms with Crippen LogP contribution in [-0.2, 0) is 24.1 Å². The molecular weight excluding hydrogens is 365 g/mol. The third-order valence-corrected chi connectivity index (χ3v) is 5.48. The molecule has 0 radical (unpaired) electrons. The first-order valence-corrected chi connectivity index (χ1v) is 10.0. The predicted octanol–water partition coefficient (Wildman–Crippen LogP) is 4.15. The first kappa shape index (κ1) is 19.2.